The number of hydrogen-bond acceptors (Lipinski definition) is 5. The molecule has 1 unspecified atom stereocenters. The van der Waals surface area contributed by atoms with E-state index in [0.29, 0.717) is 10.4 Å². The van der Waals surface area contributed by atoms with E-state index in [1.807, 2.05) is 54.6 Å². The van der Waals surface area contributed by atoms with Crippen molar-refractivity contribution in [1.29, 1.82) is 0 Å². The summed E-state index contributed by atoms with van der Waals surface area (Å²) in [5, 5.41) is 0. The van der Waals surface area contributed by atoms with E-state index in [4.69, 9.17) is 17.0 Å². The first-order valence-electron chi connectivity index (χ1n) is 8.74. The molecule has 0 aliphatic rings. The Bertz CT molecular complexity index is 769. The Hall–Kier alpha value is -1.56. The molecule has 0 aromatic heterocycles. The summed E-state index contributed by atoms with van der Waals surface area (Å²) in [6.45, 7) is 3.63. The molecule has 0 amide bonds. The minimum absolute atomic E-state index is 0.676. The van der Waals surface area contributed by atoms with E-state index in [0.717, 1.165) is 22.8 Å². The van der Waals surface area contributed by atoms with Gasteiger partial charge in [-0.25, -0.2) is 0 Å². The predicted molar refractivity (Wildman–Crippen MR) is 110 cm³/mol. The number of rotatable bonds is 11. The standard InChI is InChI=1S/C20H27AsO5Si/c1-5-26-21(22,19-14-7-6-8-15-19)20-16-10-9-12-18(20)13-11-17-27(23-2,24-3)25-4/h5-10,12,14-16H,1,11,13,17H2,2-4H3. The van der Waals surface area contributed by atoms with Gasteiger partial charge in [-0.3, -0.25) is 0 Å². The Labute approximate surface area is 165 Å². The van der Waals surface area contributed by atoms with Crippen LogP contribution >= 0.6 is 0 Å². The van der Waals surface area contributed by atoms with Crippen LogP contribution < -0.4 is 8.70 Å². The van der Waals surface area contributed by atoms with E-state index in [9.17, 15) is 3.74 Å². The van der Waals surface area contributed by atoms with Crippen LogP contribution in [0.25, 0.3) is 0 Å². The summed E-state index contributed by atoms with van der Waals surface area (Å²) in [5.74, 6) is 0. The van der Waals surface area contributed by atoms with Crippen molar-refractivity contribution < 1.29 is 20.7 Å². The Morgan fingerprint density at radius 2 is 1.56 bits per heavy atom. The summed E-state index contributed by atoms with van der Waals surface area (Å²) in [6, 6.07) is 17.7. The fraction of sp³-hybridized carbons (Fsp3) is 0.300. The predicted octanol–water partition coefficient (Wildman–Crippen LogP) is 2.64. The van der Waals surface area contributed by atoms with Gasteiger partial charge in [-0.05, 0) is 0 Å². The molecule has 2 aromatic rings. The first-order chi connectivity index (χ1) is 13.0. The van der Waals surface area contributed by atoms with E-state index in [-0.39, 0.29) is 0 Å². The Morgan fingerprint density at radius 1 is 0.963 bits per heavy atom. The number of aryl methyl sites for hydroxylation is 1. The molecule has 1 atom stereocenters. The molecule has 7 heteroatoms. The Morgan fingerprint density at radius 3 is 2.15 bits per heavy atom. The van der Waals surface area contributed by atoms with E-state index >= 15 is 0 Å². The first-order valence-corrected chi connectivity index (χ1v) is 14.1. The second-order valence-corrected chi connectivity index (χ2v) is 13.9. The van der Waals surface area contributed by atoms with Crippen LogP contribution in [0.15, 0.2) is 67.4 Å². The van der Waals surface area contributed by atoms with Gasteiger partial charge in [-0.1, -0.05) is 0 Å². The second-order valence-electron chi connectivity index (χ2n) is 5.94. The third-order valence-corrected chi connectivity index (χ3v) is 12.6. The molecule has 0 spiro atoms. The molecular formula is C20H27AsO5Si. The summed E-state index contributed by atoms with van der Waals surface area (Å²) >= 11 is -4.04. The third kappa shape index (κ3) is 5.03. The quantitative estimate of drug-likeness (QED) is 0.389. The van der Waals surface area contributed by atoms with E-state index in [1.54, 1.807) is 21.3 Å². The zero-order chi connectivity index (χ0) is 19.8. The van der Waals surface area contributed by atoms with Gasteiger partial charge in [0.25, 0.3) is 0 Å². The SMILES string of the molecule is C=CO[As](=O)(c1ccccc1)c1ccccc1CCC[Si](OC)(OC)OC. The third-order valence-electron chi connectivity index (χ3n) is 4.49. The molecule has 0 aliphatic carbocycles. The molecule has 2 aromatic carbocycles. The Kier molecular flexibility index (Phi) is 8.14. The molecule has 0 saturated carbocycles. The van der Waals surface area contributed by atoms with Crippen LogP contribution in [-0.2, 0) is 27.2 Å². The van der Waals surface area contributed by atoms with Gasteiger partial charge in [-0.2, -0.15) is 0 Å². The van der Waals surface area contributed by atoms with Crippen molar-refractivity contribution in [1.82, 2.24) is 0 Å². The monoisotopic (exact) mass is 450 g/mol. The molecule has 0 radical (unpaired) electrons. The maximum atomic E-state index is 13.9. The summed E-state index contributed by atoms with van der Waals surface area (Å²) in [4.78, 5) is 0. The van der Waals surface area contributed by atoms with Crippen molar-refractivity contribution in [2.45, 2.75) is 18.9 Å². The van der Waals surface area contributed by atoms with Crippen LogP contribution in [0.4, 0.5) is 0 Å². The summed E-state index contributed by atoms with van der Waals surface area (Å²) in [5.41, 5.74) is 0.997. The van der Waals surface area contributed by atoms with Crippen LogP contribution in [0, 0.1) is 0 Å². The van der Waals surface area contributed by atoms with Gasteiger partial charge in [0, 0.05) is 0 Å². The van der Waals surface area contributed by atoms with Gasteiger partial charge in [0.1, 0.15) is 0 Å². The van der Waals surface area contributed by atoms with E-state index < -0.39 is 22.6 Å². The summed E-state index contributed by atoms with van der Waals surface area (Å²) in [6.07, 6.45) is 2.79. The van der Waals surface area contributed by atoms with Gasteiger partial charge < -0.3 is 0 Å². The fourth-order valence-corrected chi connectivity index (χ4v) is 9.25. The molecule has 146 valence electrons. The van der Waals surface area contributed by atoms with Gasteiger partial charge >= 0.3 is 165 Å². The summed E-state index contributed by atoms with van der Waals surface area (Å²) in [7, 11) is 2.20. The first kappa shape index (κ1) is 21.7. The molecule has 0 aliphatic heterocycles. The topological polar surface area (TPSA) is 54.0 Å². The van der Waals surface area contributed by atoms with Crippen molar-refractivity contribution in [2.24, 2.45) is 0 Å². The van der Waals surface area contributed by atoms with Crippen molar-refractivity contribution in [3.05, 3.63) is 73.0 Å². The van der Waals surface area contributed by atoms with Gasteiger partial charge in [0.2, 0.25) is 0 Å². The van der Waals surface area contributed by atoms with Crippen molar-refractivity contribution in [3.63, 3.8) is 0 Å². The molecule has 0 bridgehead atoms. The van der Waals surface area contributed by atoms with Crippen molar-refractivity contribution in [3.8, 4) is 0 Å². The van der Waals surface area contributed by atoms with Crippen LogP contribution in [0.3, 0.4) is 0 Å². The fourth-order valence-electron chi connectivity index (χ4n) is 3.05. The molecule has 0 N–H and O–H groups in total. The van der Waals surface area contributed by atoms with Crippen molar-refractivity contribution >= 4 is 31.3 Å². The maximum absolute atomic E-state index is 13.9. The Balaban J connectivity index is 2.31. The van der Waals surface area contributed by atoms with Gasteiger partial charge in [0.15, 0.2) is 0 Å². The molecule has 0 saturated heterocycles. The van der Waals surface area contributed by atoms with Gasteiger partial charge in [-0.15, -0.1) is 0 Å². The molecule has 0 fully saturated rings. The average Bonchev–Trinajstić information content (AvgIpc) is 2.73. The zero-order valence-electron chi connectivity index (χ0n) is 16.1. The normalized spacial score (nSPS) is 13.7. The number of benzene rings is 2. The second kappa shape index (κ2) is 10.1. The average molecular weight is 450 g/mol. The van der Waals surface area contributed by atoms with Crippen LogP contribution in [-0.4, -0.2) is 44.0 Å². The van der Waals surface area contributed by atoms with Crippen LogP contribution in [0.1, 0.15) is 12.0 Å². The minimum atomic E-state index is -4.04. The summed E-state index contributed by atoms with van der Waals surface area (Å²) < 4.78 is 37.4. The molecular weight excluding hydrogens is 423 g/mol. The van der Waals surface area contributed by atoms with Gasteiger partial charge in [0.05, 0.1) is 0 Å². The number of hydrogen-bond donors (Lipinski definition) is 0. The van der Waals surface area contributed by atoms with Crippen LogP contribution in [0.5, 0.6) is 0 Å². The molecule has 2 rings (SSSR count). The van der Waals surface area contributed by atoms with Crippen LogP contribution in [0.2, 0.25) is 6.04 Å². The van der Waals surface area contributed by atoms with E-state index in [2.05, 4.69) is 6.58 Å². The van der Waals surface area contributed by atoms with Crippen molar-refractivity contribution in [2.75, 3.05) is 21.3 Å². The molecule has 27 heavy (non-hydrogen) atoms. The zero-order valence-corrected chi connectivity index (χ0v) is 19.0. The molecule has 5 nitrogen and oxygen atoms in total. The molecule has 0 heterocycles. The van der Waals surface area contributed by atoms with E-state index in [1.165, 1.54) is 6.26 Å².